The third-order valence-electron chi connectivity index (χ3n) is 4.23. The molecule has 0 bridgehead atoms. The van der Waals surface area contributed by atoms with Crippen molar-refractivity contribution in [3.63, 3.8) is 0 Å². The molecule has 1 N–H and O–H groups in total. The molecule has 0 saturated heterocycles. The first-order chi connectivity index (χ1) is 12.1. The Kier molecular flexibility index (Phi) is 5.07. The molecule has 3 rings (SSSR count). The molecule has 0 spiro atoms. The van der Waals surface area contributed by atoms with Crippen molar-refractivity contribution in [3.8, 4) is 11.3 Å². The quantitative estimate of drug-likeness (QED) is 0.843. The highest BCUT2D eigenvalue weighted by atomic mass is 32.2. The monoisotopic (exact) mass is 393 g/mol. The van der Waals surface area contributed by atoms with Crippen LogP contribution in [-0.4, -0.2) is 31.6 Å². The fourth-order valence-corrected chi connectivity index (χ4v) is 5.27. The van der Waals surface area contributed by atoms with Gasteiger partial charge in [0.05, 0.1) is 17.6 Å². The molecule has 0 unspecified atom stereocenters. The van der Waals surface area contributed by atoms with Crippen LogP contribution in [0.1, 0.15) is 32.8 Å². The van der Waals surface area contributed by atoms with Crippen LogP contribution >= 0.6 is 11.3 Å². The second-order valence-electron chi connectivity index (χ2n) is 7.14. The van der Waals surface area contributed by atoms with Crippen molar-refractivity contribution < 1.29 is 13.2 Å². The van der Waals surface area contributed by atoms with Gasteiger partial charge in [0.2, 0.25) is 15.9 Å². The lowest BCUT2D eigenvalue weighted by molar-refractivity contribution is -0.116. The van der Waals surface area contributed by atoms with E-state index >= 15 is 0 Å². The van der Waals surface area contributed by atoms with Crippen LogP contribution in [0.4, 0.5) is 10.8 Å². The molecule has 8 heteroatoms. The van der Waals surface area contributed by atoms with Gasteiger partial charge in [-0.3, -0.25) is 9.10 Å². The zero-order chi connectivity index (χ0) is 19.1. The van der Waals surface area contributed by atoms with Gasteiger partial charge in [-0.15, -0.1) is 11.3 Å². The maximum absolute atomic E-state index is 12.0. The van der Waals surface area contributed by atoms with Crippen LogP contribution < -0.4 is 9.62 Å². The lowest BCUT2D eigenvalue weighted by atomic mass is 10.1. The Balaban J connectivity index is 1.83. The average molecular weight is 394 g/mol. The van der Waals surface area contributed by atoms with Crippen molar-refractivity contribution in [3.05, 3.63) is 29.1 Å². The van der Waals surface area contributed by atoms with E-state index < -0.39 is 10.0 Å². The van der Waals surface area contributed by atoms with Gasteiger partial charge in [0.1, 0.15) is 0 Å². The Labute approximate surface area is 158 Å². The van der Waals surface area contributed by atoms with E-state index in [9.17, 15) is 13.2 Å². The number of thiazole rings is 1. The van der Waals surface area contributed by atoms with Gasteiger partial charge in [-0.25, -0.2) is 13.4 Å². The number of sulfonamides is 1. The summed E-state index contributed by atoms with van der Waals surface area (Å²) in [6.45, 7) is 5.91. The summed E-state index contributed by atoms with van der Waals surface area (Å²) in [5.41, 5.74) is 3.44. The molecule has 0 radical (unpaired) electrons. The van der Waals surface area contributed by atoms with Crippen molar-refractivity contribution in [2.24, 2.45) is 5.92 Å². The number of hydrogen-bond donors (Lipinski definition) is 1. The summed E-state index contributed by atoms with van der Waals surface area (Å²) in [6.07, 6.45) is 2.38. The minimum Gasteiger partial charge on any atom is -0.302 e. The number of carbonyl (C=O) groups is 1. The van der Waals surface area contributed by atoms with E-state index in [2.05, 4.69) is 10.3 Å². The zero-order valence-corrected chi connectivity index (χ0v) is 16.9. The van der Waals surface area contributed by atoms with Crippen molar-refractivity contribution in [1.29, 1.82) is 0 Å². The molecule has 0 saturated carbocycles. The zero-order valence-electron chi connectivity index (χ0n) is 15.3. The number of carbonyl (C=O) groups excluding carboxylic acids is 1. The molecule has 1 aliphatic rings. The summed E-state index contributed by atoms with van der Waals surface area (Å²) in [4.78, 5) is 16.4. The third kappa shape index (κ3) is 3.91. The van der Waals surface area contributed by atoms with E-state index in [1.54, 1.807) is 0 Å². The first-order valence-electron chi connectivity index (χ1n) is 8.53. The number of benzene rings is 1. The summed E-state index contributed by atoms with van der Waals surface area (Å²) in [6, 6.07) is 5.62. The number of nitrogens with one attached hydrogen (secondary N) is 1. The van der Waals surface area contributed by atoms with Crippen molar-refractivity contribution in [1.82, 2.24) is 4.98 Å². The fraction of sp³-hybridized carbons (Fsp3) is 0.444. The average Bonchev–Trinajstić information content (AvgIpc) is 3.07. The smallest absolute Gasteiger partial charge is 0.232 e. The first kappa shape index (κ1) is 18.8. The lowest BCUT2D eigenvalue weighted by Crippen LogP contribution is -2.34. The Morgan fingerprint density at radius 1 is 1.42 bits per heavy atom. The molecule has 1 amide bonds. The molecule has 1 aromatic heterocycles. The van der Waals surface area contributed by atoms with E-state index in [0.717, 1.165) is 22.5 Å². The van der Waals surface area contributed by atoms with Gasteiger partial charge in [-0.05, 0) is 37.0 Å². The molecule has 1 aliphatic heterocycles. The van der Waals surface area contributed by atoms with Gasteiger partial charge < -0.3 is 5.32 Å². The Morgan fingerprint density at radius 2 is 2.15 bits per heavy atom. The van der Waals surface area contributed by atoms with E-state index in [-0.39, 0.29) is 11.9 Å². The van der Waals surface area contributed by atoms with E-state index in [4.69, 9.17) is 0 Å². The molecule has 26 heavy (non-hydrogen) atoms. The van der Waals surface area contributed by atoms with Crippen molar-refractivity contribution >= 4 is 38.1 Å². The van der Waals surface area contributed by atoms with Gasteiger partial charge >= 0.3 is 0 Å². The lowest BCUT2D eigenvalue weighted by Gasteiger charge is -2.21. The summed E-state index contributed by atoms with van der Waals surface area (Å²) in [5.74, 6) is 0.262. The molecular weight excluding hydrogens is 370 g/mol. The van der Waals surface area contributed by atoms with Crippen LogP contribution in [0.2, 0.25) is 0 Å². The van der Waals surface area contributed by atoms with Crippen LogP contribution in [0.3, 0.4) is 0 Å². The van der Waals surface area contributed by atoms with Crippen LogP contribution in [0.15, 0.2) is 23.6 Å². The molecule has 140 valence electrons. The number of anilines is 2. The number of hydrogen-bond acceptors (Lipinski definition) is 5. The highest BCUT2D eigenvalue weighted by Gasteiger charge is 2.32. The minimum atomic E-state index is -3.29. The Hall–Kier alpha value is -1.93. The van der Waals surface area contributed by atoms with Crippen molar-refractivity contribution in [2.45, 2.75) is 39.7 Å². The second kappa shape index (κ2) is 7.00. The van der Waals surface area contributed by atoms with Crippen LogP contribution in [0, 0.1) is 5.92 Å². The van der Waals surface area contributed by atoms with E-state index in [1.165, 1.54) is 21.9 Å². The molecule has 0 aliphatic carbocycles. The topological polar surface area (TPSA) is 79.4 Å². The van der Waals surface area contributed by atoms with Gasteiger partial charge in [0, 0.05) is 23.4 Å². The molecular formula is C18H23N3O3S2. The van der Waals surface area contributed by atoms with E-state index in [1.807, 2.05) is 44.4 Å². The number of fused-ring (bicyclic) bond motifs is 1. The number of nitrogens with zero attached hydrogens (tertiary/aromatic N) is 2. The second-order valence-corrected chi connectivity index (χ2v) is 9.86. The molecule has 1 atom stereocenters. The number of aromatic nitrogens is 1. The Morgan fingerprint density at radius 3 is 2.81 bits per heavy atom. The number of amides is 1. The third-order valence-corrected chi connectivity index (χ3v) is 6.26. The van der Waals surface area contributed by atoms with E-state index in [0.29, 0.717) is 23.9 Å². The van der Waals surface area contributed by atoms with Crippen LogP contribution in [0.25, 0.3) is 11.3 Å². The predicted molar refractivity (Wildman–Crippen MR) is 106 cm³/mol. The largest absolute Gasteiger partial charge is 0.302 e. The van der Waals surface area contributed by atoms with Crippen molar-refractivity contribution in [2.75, 3.05) is 15.9 Å². The maximum Gasteiger partial charge on any atom is 0.232 e. The van der Waals surface area contributed by atoms with Gasteiger partial charge in [0.25, 0.3) is 0 Å². The molecule has 2 aromatic rings. The number of rotatable bonds is 5. The van der Waals surface area contributed by atoms with Crippen LogP contribution in [0.5, 0.6) is 0 Å². The first-order valence-corrected chi connectivity index (χ1v) is 11.3. The fourth-order valence-electron chi connectivity index (χ4n) is 3.27. The minimum absolute atomic E-state index is 0.0347. The van der Waals surface area contributed by atoms with Crippen LogP contribution in [-0.2, 0) is 21.2 Å². The molecule has 2 heterocycles. The van der Waals surface area contributed by atoms with Gasteiger partial charge in [-0.2, -0.15) is 0 Å². The Bertz CT molecular complexity index is 935. The summed E-state index contributed by atoms with van der Waals surface area (Å²) >= 11 is 1.39. The molecule has 0 fully saturated rings. The normalized spacial score (nSPS) is 16.8. The maximum atomic E-state index is 12.0. The predicted octanol–water partition coefficient (Wildman–Crippen LogP) is 3.51. The highest BCUT2D eigenvalue weighted by Crippen LogP contribution is 2.37. The summed E-state index contributed by atoms with van der Waals surface area (Å²) in [5, 5.41) is 5.31. The van der Waals surface area contributed by atoms with Gasteiger partial charge in [-0.1, -0.05) is 19.9 Å². The summed E-state index contributed by atoms with van der Waals surface area (Å²) < 4.78 is 25.5. The molecule has 6 nitrogen and oxygen atoms in total. The van der Waals surface area contributed by atoms with Gasteiger partial charge in [0.15, 0.2) is 5.13 Å². The highest BCUT2D eigenvalue weighted by molar-refractivity contribution is 7.92. The standard InChI is InChI=1S/C18H23N3O3S2/c1-11(2)7-17(22)20-18-19-15(10-25-18)13-5-6-16-14(9-13)8-12(3)21(16)26(4,23)24/h5-6,9-12H,7-8H2,1-4H3,(H,19,20,22)/t12-/m1/s1. The molecule has 1 aromatic carbocycles. The summed E-state index contributed by atoms with van der Waals surface area (Å²) in [7, 11) is -3.29. The SMILES string of the molecule is CC(C)CC(=O)Nc1nc(-c2ccc3c(c2)C[C@@H](C)N3S(C)(=O)=O)cs1.